The molecule has 0 unspecified atom stereocenters. The molecule has 1 saturated carbocycles. The first-order valence-electron chi connectivity index (χ1n) is 7.52. The Morgan fingerprint density at radius 3 is 2.90 bits per heavy atom. The van der Waals surface area contributed by atoms with Gasteiger partial charge in [0.05, 0.1) is 6.61 Å². The van der Waals surface area contributed by atoms with Crippen molar-refractivity contribution in [3.05, 3.63) is 27.7 Å². The van der Waals surface area contributed by atoms with E-state index in [1.807, 2.05) is 0 Å². The number of halogens is 2. The van der Waals surface area contributed by atoms with Crippen LogP contribution >= 0.6 is 27.5 Å². The van der Waals surface area contributed by atoms with Crippen LogP contribution in [0, 0.1) is 0 Å². The molecule has 0 aromatic heterocycles. The summed E-state index contributed by atoms with van der Waals surface area (Å²) in [4.78, 5) is 2.59. The van der Waals surface area contributed by atoms with Crippen molar-refractivity contribution in [2.24, 2.45) is 0 Å². The highest BCUT2D eigenvalue weighted by atomic mass is 79.9. The van der Waals surface area contributed by atoms with Crippen LogP contribution in [0.1, 0.15) is 36.8 Å². The van der Waals surface area contributed by atoms with Crippen LogP contribution in [0.25, 0.3) is 0 Å². The molecular weight excluding hydrogens is 338 g/mol. The van der Waals surface area contributed by atoms with Crippen molar-refractivity contribution in [2.75, 3.05) is 19.0 Å². The van der Waals surface area contributed by atoms with Crippen LogP contribution < -0.4 is 4.74 Å². The Kier molecular flexibility index (Phi) is 4.90. The lowest BCUT2D eigenvalue weighted by Crippen LogP contribution is -2.40. The van der Waals surface area contributed by atoms with Gasteiger partial charge in [-0.15, -0.1) is 11.6 Å². The fourth-order valence-electron chi connectivity index (χ4n) is 3.09. The molecule has 1 aromatic carbocycles. The highest BCUT2D eigenvalue weighted by Crippen LogP contribution is 2.35. The van der Waals surface area contributed by atoms with E-state index in [9.17, 15) is 0 Å². The maximum atomic E-state index is 5.87. The first kappa shape index (κ1) is 14.7. The fourth-order valence-corrected chi connectivity index (χ4v) is 3.76. The van der Waals surface area contributed by atoms with E-state index in [4.69, 9.17) is 16.3 Å². The molecule has 0 saturated heterocycles. The molecule has 0 N–H and O–H groups in total. The highest BCUT2D eigenvalue weighted by molar-refractivity contribution is 9.10. The molecule has 0 spiro atoms. The van der Waals surface area contributed by atoms with Gasteiger partial charge in [-0.05, 0) is 43.5 Å². The Labute approximate surface area is 134 Å². The zero-order valence-electron chi connectivity index (χ0n) is 11.7. The zero-order valence-corrected chi connectivity index (χ0v) is 14.0. The normalized spacial score (nSPS) is 17.9. The number of nitrogens with zero attached hydrogens (tertiary/aromatic N) is 1. The summed E-state index contributed by atoms with van der Waals surface area (Å²) in [6.45, 7) is 2.91. The summed E-state index contributed by atoms with van der Waals surface area (Å²) >= 11 is 9.51. The Balaban J connectivity index is 1.77. The minimum atomic E-state index is 0.745. The quantitative estimate of drug-likeness (QED) is 0.700. The second-order valence-corrected chi connectivity index (χ2v) is 7.04. The molecule has 0 bridgehead atoms. The summed E-state index contributed by atoms with van der Waals surface area (Å²) in [7, 11) is 0. The van der Waals surface area contributed by atoms with Gasteiger partial charge in [0.15, 0.2) is 0 Å². The van der Waals surface area contributed by atoms with E-state index in [0.717, 1.165) is 50.2 Å². The van der Waals surface area contributed by atoms with Crippen molar-refractivity contribution in [2.45, 2.75) is 44.7 Å². The molecule has 1 aliphatic carbocycles. The zero-order chi connectivity index (χ0) is 13.9. The van der Waals surface area contributed by atoms with Crippen LogP contribution in [-0.4, -0.2) is 30.0 Å². The van der Waals surface area contributed by atoms with Gasteiger partial charge in [-0.2, -0.15) is 0 Å². The van der Waals surface area contributed by atoms with Gasteiger partial charge in [0, 0.05) is 34.9 Å². The predicted molar refractivity (Wildman–Crippen MR) is 86.7 cm³/mol. The van der Waals surface area contributed by atoms with Gasteiger partial charge in [0.1, 0.15) is 5.75 Å². The number of ether oxygens (including phenoxy) is 1. The van der Waals surface area contributed by atoms with Gasteiger partial charge in [-0.3, -0.25) is 4.90 Å². The summed E-state index contributed by atoms with van der Waals surface area (Å²) in [5, 5.41) is 0. The van der Waals surface area contributed by atoms with Crippen LogP contribution in [0.4, 0.5) is 0 Å². The second-order valence-electron chi connectivity index (χ2n) is 5.75. The lowest BCUT2D eigenvalue weighted by atomic mass is 9.91. The summed E-state index contributed by atoms with van der Waals surface area (Å²) in [5.74, 6) is 1.87. The lowest BCUT2D eigenvalue weighted by molar-refractivity contribution is 0.118. The number of benzene rings is 1. The Morgan fingerprint density at radius 2 is 2.20 bits per heavy atom. The fraction of sp³-hybridized carbons (Fsp3) is 0.625. The van der Waals surface area contributed by atoms with Gasteiger partial charge in [0.25, 0.3) is 0 Å². The molecule has 0 amide bonds. The van der Waals surface area contributed by atoms with E-state index in [2.05, 4.69) is 33.0 Å². The Bertz CT molecular complexity index is 476. The standard InChI is InChI=1S/C16H21BrClNO/c17-14-9-12-5-8-20-16(12)13(10-14)11-19(7-2-6-18)15-3-1-4-15/h9-10,15H,1-8,11H2. The first-order chi connectivity index (χ1) is 9.78. The van der Waals surface area contributed by atoms with Crippen LogP contribution in [0.15, 0.2) is 16.6 Å². The second kappa shape index (κ2) is 6.67. The van der Waals surface area contributed by atoms with Gasteiger partial charge < -0.3 is 4.74 Å². The number of alkyl halides is 1. The Morgan fingerprint density at radius 1 is 1.35 bits per heavy atom. The van der Waals surface area contributed by atoms with Crippen molar-refractivity contribution in [3.8, 4) is 5.75 Å². The number of hydrogen-bond acceptors (Lipinski definition) is 2. The van der Waals surface area contributed by atoms with Crippen molar-refractivity contribution < 1.29 is 4.74 Å². The highest BCUT2D eigenvalue weighted by Gasteiger charge is 2.26. The minimum Gasteiger partial charge on any atom is -0.493 e. The third-order valence-electron chi connectivity index (χ3n) is 4.37. The maximum Gasteiger partial charge on any atom is 0.127 e. The molecule has 1 fully saturated rings. The molecular formula is C16H21BrClNO. The van der Waals surface area contributed by atoms with E-state index in [-0.39, 0.29) is 0 Å². The smallest absolute Gasteiger partial charge is 0.127 e. The predicted octanol–water partition coefficient (Wildman–Crippen LogP) is 4.37. The van der Waals surface area contributed by atoms with E-state index >= 15 is 0 Å². The van der Waals surface area contributed by atoms with E-state index < -0.39 is 0 Å². The molecule has 4 heteroatoms. The Hall–Kier alpha value is -0.250. The average Bonchev–Trinajstić information content (AvgIpc) is 2.81. The van der Waals surface area contributed by atoms with Crippen LogP contribution in [0.5, 0.6) is 5.75 Å². The van der Waals surface area contributed by atoms with Gasteiger partial charge >= 0.3 is 0 Å². The largest absolute Gasteiger partial charge is 0.493 e. The van der Waals surface area contributed by atoms with Crippen molar-refractivity contribution in [1.82, 2.24) is 4.90 Å². The number of fused-ring (bicyclic) bond motifs is 1. The minimum absolute atomic E-state index is 0.745. The number of hydrogen-bond donors (Lipinski definition) is 0. The van der Waals surface area contributed by atoms with E-state index in [0.29, 0.717) is 0 Å². The third kappa shape index (κ3) is 3.15. The van der Waals surface area contributed by atoms with Gasteiger partial charge in [-0.1, -0.05) is 22.4 Å². The van der Waals surface area contributed by atoms with Gasteiger partial charge in [-0.25, -0.2) is 0 Å². The molecule has 0 radical (unpaired) electrons. The summed E-state index contributed by atoms with van der Waals surface area (Å²) < 4.78 is 7.02. The van der Waals surface area contributed by atoms with Crippen LogP contribution in [0.3, 0.4) is 0 Å². The van der Waals surface area contributed by atoms with Crippen LogP contribution in [0.2, 0.25) is 0 Å². The molecule has 2 nitrogen and oxygen atoms in total. The van der Waals surface area contributed by atoms with Crippen molar-refractivity contribution >= 4 is 27.5 Å². The summed E-state index contributed by atoms with van der Waals surface area (Å²) in [5.41, 5.74) is 2.67. The number of rotatable bonds is 6. The van der Waals surface area contributed by atoms with Crippen LogP contribution in [-0.2, 0) is 13.0 Å². The molecule has 1 heterocycles. The maximum absolute atomic E-state index is 5.87. The summed E-state index contributed by atoms with van der Waals surface area (Å²) in [6, 6.07) is 5.16. The lowest BCUT2D eigenvalue weighted by Gasteiger charge is -2.37. The average molecular weight is 359 g/mol. The monoisotopic (exact) mass is 357 g/mol. The van der Waals surface area contributed by atoms with Crippen molar-refractivity contribution in [1.29, 1.82) is 0 Å². The molecule has 1 aliphatic heterocycles. The topological polar surface area (TPSA) is 12.5 Å². The van der Waals surface area contributed by atoms with E-state index in [1.54, 1.807) is 0 Å². The SMILES string of the molecule is ClCCCN(Cc1cc(Br)cc2c1OCC2)C1CCC1. The molecule has 0 atom stereocenters. The molecule has 20 heavy (non-hydrogen) atoms. The molecule has 2 aliphatic rings. The van der Waals surface area contributed by atoms with Crippen molar-refractivity contribution in [3.63, 3.8) is 0 Å². The first-order valence-corrected chi connectivity index (χ1v) is 8.85. The molecule has 3 rings (SSSR count). The summed E-state index contributed by atoms with van der Waals surface area (Å²) in [6.07, 6.45) is 6.13. The molecule has 110 valence electrons. The van der Waals surface area contributed by atoms with E-state index in [1.165, 1.54) is 34.9 Å². The van der Waals surface area contributed by atoms with Gasteiger partial charge in [0.2, 0.25) is 0 Å². The third-order valence-corrected chi connectivity index (χ3v) is 5.09. The molecule has 1 aromatic rings.